The van der Waals surface area contributed by atoms with E-state index in [1.54, 1.807) is 24.3 Å². The van der Waals surface area contributed by atoms with Gasteiger partial charge in [0.05, 0.1) is 21.6 Å². The van der Waals surface area contributed by atoms with Gasteiger partial charge in [-0.25, -0.2) is 13.4 Å². The molecule has 0 bridgehead atoms. The molecule has 0 aliphatic rings. The monoisotopic (exact) mass is 377 g/mol. The Bertz CT molecular complexity index is 1210. The number of aryl methyl sites for hydroxylation is 2. The maximum Gasteiger partial charge on any atom is 0.261 e. The Labute approximate surface area is 158 Å². The smallest absolute Gasteiger partial charge is 0.261 e. The van der Waals surface area contributed by atoms with Crippen molar-refractivity contribution in [3.8, 4) is 11.1 Å². The van der Waals surface area contributed by atoms with Crippen molar-refractivity contribution in [1.29, 1.82) is 0 Å². The molecule has 1 heterocycles. The first-order valence-electron chi connectivity index (χ1n) is 8.55. The average molecular weight is 377 g/mol. The minimum absolute atomic E-state index is 0.222. The van der Waals surface area contributed by atoms with E-state index in [0.717, 1.165) is 28.0 Å². The van der Waals surface area contributed by atoms with E-state index in [2.05, 4.69) is 9.71 Å². The maximum atomic E-state index is 12.7. The highest BCUT2D eigenvalue weighted by Crippen LogP contribution is 2.24. The molecule has 27 heavy (non-hydrogen) atoms. The van der Waals surface area contributed by atoms with Crippen molar-refractivity contribution >= 4 is 26.7 Å². The number of hydrogen-bond acceptors (Lipinski definition) is 3. The summed E-state index contributed by atoms with van der Waals surface area (Å²) in [6.07, 6.45) is 0. The number of hydrogen-bond donors (Lipinski definition) is 1. The molecule has 4 aromatic rings. The van der Waals surface area contributed by atoms with Crippen LogP contribution in [-0.2, 0) is 17.1 Å². The Morgan fingerprint density at radius 1 is 0.889 bits per heavy atom. The van der Waals surface area contributed by atoms with Gasteiger partial charge in [-0.1, -0.05) is 42.5 Å². The standard InChI is InChI=1S/C21H19N3O2S/c1-15-22-20-14-18(10-13-21(20)24(15)2)23-27(25,26)19-11-8-17(9-12-19)16-6-4-3-5-7-16/h3-14,23H,1-2H3. The lowest BCUT2D eigenvalue weighted by atomic mass is 10.1. The fraction of sp³-hybridized carbons (Fsp3) is 0.0952. The van der Waals surface area contributed by atoms with E-state index in [1.807, 2.05) is 67.1 Å². The molecule has 0 unspecified atom stereocenters. The fourth-order valence-electron chi connectivity index (χ4n) is 3.05. The number of nitrogens with one attached hydrogen (secondary N) is 1. The van der Waals surface area contributed by atoms with Gasteiger partial charge in [0, 0.05) is 7.05 Å². The van der Waals surface area contributed by atoms with E-state index in [9.17, 15) is 8.42 Å². The van der Waals surface area contributed by atoms with Crippen LogP contribution in [0.5, 0.6) is 0 Å². The van der Waals surface area contributed by atoms with E-state index in [-0.39, 0.29) is 4.90 Å². The lowest BCUT2D eigenvalue weighted by Crippen LogP contribution is -2.12. The van der Waals surface area contributed by atoms with Crippen molar-refractivity contribution in [2.24, 2.45) is 7.05 Å². The van der Waals surface area contributed by atoms with Gasteiger partial charge in [0.1, 0.15) is 5.82 Å². The molecule has 136 valence electrons. The lowest BCUT2D eigenvalue weighted by Gasteiger charge is -2.09. The molecular formula is C21H19N3O2S. The number of fused-ring (bicyclic) bond motifs is 1. The fourth-order valence-corrected chi connectivity index (χ4v) is 4.10. The average Bonchev–Trinajstić information content (AvgIpc) is 2.96. The highest BCUT2D eigenvalue weighted by Gasteiger charge is 2.15. The zero-order valence-electron chi connectivity index (χ0n) is 15.0. The number of sulfonamides is 1. The van der Waals surface area contributed by atoms with E-state index < -0.39 is 10.0 Å². The quantitative estimate of drug-likeness (QED) is 0.575. The van der Waals surface area contributed by atoms with Crippen LogP contribution in [-0.4, -0.2) is 18.0 Å². The second kappa shape index (κ2) is 6.55. The van der Waals surface area contributed by atoms with Crippen molar-refractivity contribution in [3.05, 3.63) is 78.6 Å². The minimum atomic E-state index is -3.67. The van der Waals surface area contributed by atoms with Gasteiger partial charge in [-0.05, 0) is 48.4 Å². The SMILES string of the molecule is Cc1nc2cc(NS(=O)(=O)c3ccc(-c4ccccc4)cc3)ccc2n1C. The van der Waals surface area contributed by atoms with Crippen LogP contribution in [0.25, 0.3) is 22.2 Å². The molecule has 3 aromatic carbocycles. The van der Waals surface area contributed by atoms with Gasteiger partial charge in [0.25, 0.3) is 10.0 Å². The normalized spacial score (nSPS) is 11.6. The second-order valence-electron chi connectivity index (χ2n) is 6.42. The summed E-state index contributed by atoms with van der Waals surface area (Å²) in [7, 11) is -1.74. The highest BCUT2D eigenvalue weighted by atomic mass is 32.2. The van der Waals surface area contributed by atoms with Crippen molar-refractivity contribution in [1.82, 2.24) is 9.55 Å². The second-order valence-corrected chi connectivity index (χ2v) is 8.10. The van der Waals surface area contributed by atoms with Gasteiger partial charge in [0.2, 0.25) is 0 Å². The summed E-state index contributed by atoms with van der Waals surface area (Å²) in [4.78, 5) is 4.67. The predicted molar refractivity (Wildman–Crippen MR) is 108 cm³/mol. The van der Waals surface area contributed by atoms with Crippen molar-refractivity contribution in [2.75, 3.05) is 4.72 Å². The third-order valence-electron chi connectivity index (χ3n) is 4.63. The van der Waals surface area contributed by atoms with Gasteiger partial charge < -0.3 is 4.57 Å². The number of rotatable bonds is 4. The number of aromatic nitrogens is 2. The van der Waals surface area contributed by atoms with Crippen LogP contribution >= 0.6 is 0 Å². The summed E-state index contributed by atoms with van der Waals surface area (Å²) in [5, 5.41) is 0. The number of anilines is 1. The molecule has 4 rings (SSSR count). The van der Waals surface area contributed by atoms with E-state index in [1.165, 1.54) is 0 Å². The Hall–Kier alpha value is -3.12. The summed E-state index contributed by atoms with van der Waals surface area (Å²) in [5.74, 6) is 0.876. The maximum absolute atomic E-state index is 12.7. The minimum Gasteiger partial charge on any atom is -0.331 e. The van der Waals surface area contributed by atoms with Crippen LogP contribution in [0.2, 0.25) is 0 Å². The highest BCUT2D eigenvalue weighted by molar-refractivity contribution is 7.92. The molecule has 0 saturated heterocycles. The lowest BCUT2D eigenvalue weighted by molar-refractivity contribution is 0.601. The van der Waals surface area contributed by atoms with E-state index in [4.69, 9.17) is 0 Å². The van der Waals surface area contributed by atoms with Gasteiger partial charge in [-0.3, -0.25) is 4.72 Å². The Balaban J connectivity index is 1.62. The van der Waals surface area contributed by atoms with Gasteiger partial charge in [0.15, 0.2) is 0 Å². The zero-order valence-corrected chi connectivity index (χ0v) is 15.9. The molecule has 6 heteroatoms. The van der Waals surface area contributed by atoms with Gasteiger partial charge >= 0.3 is 0 Å². The van der Waals surface area contributed by atoms with Crippen LogP contribution in [0.4, 0.5) is 5.69 Å². The molecule has 0 aliphatic heterocycles. The molecule has 1 aromatic heterocycles. The topological polar surface area (TPSA) is 64.0 Å². The Morgan fingerprint density at radius 3 is 2.26 bits per heavy atom. The zero-order chi connectivity index (χ0) is 19.0. The number of imidazole rings is 1. The summed E-state index contributed by atoms with van der Waals surface area (Å²) in [5.41, 5.74) is 4.23. The Kier molecular flexibility index (Phi) is 4.20. The molecule has 1 N–H and O–H groups in total. The van der Waals surface area contributed by atoms with Gasteiger partial charge in [-0.2, -0.15) is 0 Å². The largest absolute Gasteiger partial charge is 0.331 e. The molecular weight excluding hydrogens is 358 g/mol. The molecule has 0 amide bonds. The van der Waals surface area contributed by atoms with Crippen LogP contribution in [0.3, 0.4) is 0 Å². The number of benzene rings is 3. The summed E-state index contributed by atoms with van der Waals surface area (Å²) in [6, 6.07) is 22.1. The number of nitrogens with zero attached hydrogens (tertiary/aromatic N) is 2. The Morgan fingerprint density at radius 2 is 1.56 bits per heavy atom. The molecule has 0 saturated carbocycles. The predicted octanol–water partition coefficient (Wildman–Crippen LogP) is 4.35. The first-order valence-corrected chi connectivity index (χ1v) is 10.0. The van der Waals surface area contributed by atoms with Crippen LogP contribution in [0.15, 0.2) is 77.7 Å². The molecule has 0 atom stereocenters. The summed E-state index contributed by atoms with van der Waals surface area (Å²) < 4.78 is 30.0. The van der Waals surface area contributed by atoms with Crippen LogP contribution < -0.4 is 4.72 Å². The molecule has 5 nitrogen and oxygen atoms in total. The first-order chi connectivity index (χ1) is 12.9. The summed E-state index contributed by atoms with van der Waals surface area (Å²) in [6.45, 7) is 1.91. The molecule has 0 radical (unpaired) electrons. The van der Waals surface area contributed by atoms with Crippen molar-refractivity contribution < 1.29 is 8.42 Å². The van der Waals surface area contributed by atoms with E-state index >= 15 is 0 Å². The van der Waals surface area contributed by atoms with Gasteiger partial charge in [-0.15, -0.1) is 0 Å². The van der Waals surface area contributed by atoms with Crippen molar-refractivity contribution in [3.63, 3.8) is 0 Å². The van der Waals surface area contributed by atoms with E-state index in [0.29, 0.717) is 5.69 Å². The summed E-state index contributed by atoms with van der Waals surface area (Å²) >= 11 is 0. The third kappa shape index (κ3) is 3.31. The molecule has 0 spiro atoms. The molecule has 0 aliphatic carbocycles. The molecule has 0 fully saturated rings. The van der Waals surface area contributed by atoms with Crippen LogP contribution in [0.1, 0.15) is 5.82 Å². The third-order valence-corrected chi connectivity index (χ3v) is 6.03. The first kappa shape index (κ1) is 17.3. The van der Waals surface area contributed by atoms with Crippen molar-refractivity contribution in [2.45, 2.75) is 11.8 Å². The van der Waals surface area contributed by atoms with Crippen LogP contribution in [0, 0.1) is 6.92 Å².